The number of nitrogens with one attached hydrogen (secondary N) is 1. The van der Waals surface area contributed by atoms with Gasteiger partial charge < -0.3 is 10.2 Å². The summed E-state index contributed by atoms with van der Waals surface area (Å²) in [6.07, 6.45) is 6.94. The molecule has 1 aliphatic heterocycles. The fourth-order valence-electron chi connectivity index (χ4n) is 6.91. The van der Waals surface area contributed by atoms with Crippen LogP contribution in [-0.4, -0.2) is 85.6 Å². The topological polar surface area (TPSA) is 160 Å². The fourth-order valence-corrected chi connectivity index (χ4v) is 8.53. The lowest BCUT2D eigenvalue weighted by atomic mass is 9.99. The molecule has 15 heteroatoms. The number of rotatable bonds is 12. The van der Waals surface area contributed by atoms with Crippen LogP contribution in [0.5, 0.6) is 0 Å². The summed E-state index contributed by atoms with van der Waals surface area (Å²) in [6.45, 7) is 11.2. The van der Waals surface area contributed by atoms with Gasteiger partial charge in [0.2, 0.25) is 21.8 Å². The second kappa shape index (κ2) is 13.4. The van der Waals surface area contributed by atoms with Crippen molar-refractivity contribution in [3.05, 3.63) is 76.6 Å². The van der Waals surface area contributed by atoms with Gasteiger partial charge in [0.05, 0.1) is 11.3 Å². The van der Waals surface area contributed by atoms with Gasteiger partial charge in [-0.2, -0.15) is 5.10 Å². The molecule has 1 aliphatic carbocycles. The number of carbonyl (C=O) groups is 3. The van der Waals surface area contributed by atoms with Gasteiger partial charge in [0, 0.05) is 60.9 Å². The summed E-state index contributed by atoms with van der Waals surface area (Å²) in [5.74, 6) is -0.665. The normalized spacial score (nSPS) is 19.9. The van der Waals surface area contributed by atoms with Crippen LogP contribution < -0.4 is 5.32 Å². The number of amides is 2. The van der Waals surface area contributed by atoms with Crippen LogP contribution in [0, 0.1) is 19.3 Å². The van der Waals surface area contributed by atoms with E-state index in [1.54, 1.807) is 36.4 Å². The van der Waals surface area contributed by atoms with E-state index in [1.807, 2.05) is 32.1 Å². The third kappa shape index (κ3) is 6.61. The zero-order chi connectivity index (χ0) is 36.1. The molecule has 6 rings (SSSR count). The number of hydrogen-bond acceptors (Lipinski definition) is 9. The Morgan fingerprint density at radius 3 is 2.52 bits per heavy atom. The van der Waals surface area contributed by atoms with Crippen LogP contribution in [0.2, 0.25) is 0 Å². The lowest BCUT2D eigenvalue weighted by Gasteiger charge is -2.27. The van der Waals surface area contributed by atoms with Crippen LogP contribution >= 0.6 is 15.9 Å². The van der Waals surface area contributed by atoms with Gasteiger partial charge >= 0.3 is 0 Å². The molecule has 4 aromatic rings. The third-order valence-corrected chi connectivity index (χ3v) is 11.9. The Morgan fingerprint density at radius 1 is 1.14 bits per heavy atom. The quantitative estimate of drug-likeness (QED) is 0.121. The van der Waals surface area contributed by atoms with E-state index in [0.29, 0.717) is 52.7 Å². The van der Waals surface area contributed by atoms with E-state index < -0.39 is 27.4 Å². The molecule has 2 aliphatic rings. The molecule has 3 aromatic heterocycles. The highest BCUT2D eigenvalue weighted by Gasteiger charge is 2.65. The first-order chi connectivity index (χ1) is 23.7. The molecule has 1 N–H and O–H groups in total. The first-order valence-electron chi connectivity index (χ1n) is 16.3. The standard InChI is InChI=1S/C35H39BrN8O5S/c1-7-11-42(6)50(48,49)19-23-9-10-29(36)39-33(23)40-34(47)27-14-35(8-2)15-28(35)44(27)30(46)18-43-32-20(3)12-24(25-16-37-22(5)38-17-25)13-26(32)31(41-43)21(4)45/h8-10,12-13,16-17,27-28H,2,7,11,14-15,18-19H2,1,3-6H3,(H,39,40,47)/t27-,28+,35-/m0/s1. The van der Waals surface area contributed by atoms with Gasteiger partial charge in [0.25, 0.3) is 0 Å². The molecule has 2 fully saturated rings. The zero-order valence-corrected chi connectivity index (χ0v) is 31.0. The van der Waals surface area contributed by atoms with Crippen molar-refractivity contribution in [3.8, 4) is 11.1 Å². The number of piperidine rings is 1. The van der Waals surface area contributed by atoms with Gasteiger partial charge in [-0.1, -0.05) is 19.1 Å². The van der Waals surface area contributed by atoms with Crippen molar-refractivity contribution >= 4 is 60.3 Å². The molecule has 2 amide bonds. The summed E-state index contributed by atoms with van der Waals surface area (Å²) in [4.78, 5) is 55.6. The van der Waals surface area contributed by atoms with Gasteiger partial charge in [0.15, 0.2) is 5.78 Å². The molecule has 262 valence electrons. The number of halogens is 1. The molecule has 1 aromatic carbocycles. The minimum Gasteiger partial charge on any atom is -0.325 e. The highest BCUT2D eigenvalue weighted by molar-refractivity contribution is 9.10. The SMILES string of the molecule is C=C[C@@]12C[C@@H](C(=O)Nc3nc(Br)ccc3CS(=O)(=O)N(C)CCC)N(C(=O)Cn3nc(C(C)=O)c4cc(-c5cnc(C)nc5)cc(C)c43)[C@@H]1C2. The summed E-state index contributed by atoms with van der Waals surface area (Å²) < 4.78 is 29.3. The molecule has 0 spiro atoms. The number of likely N-dealkylation sites (tertiary alicyclic amines) is 1. The van der Waals surface area contributed by atoms with Crippen LogP contribution in [0.15, 0.2) is 53.9 Å². The molecule has 0 bridgehead atoms. The van der Waals surface area contributed by atoms with Gasteiger partial charge in [-0.05, 0) is 78.4 Å². The number of nitrogens with zero attached hydrogens (tertiary/aromatic N) is 7. The Balaban J connectivity index is 1.30. The maximum Gasteiger partial charge on any atom is 0.248 e. The number of Topliss-reactive ketones (excluding diaryl/α,β-unsaturated/α-hetero) is 1. The molecule has 1 saturated carbocycles. The number of anilines is 1. The smallest absolute Gasteiger partial charge is 0.248 e. The largest absolute Gasteiger partial charge is 0.325 e. The molecule has 50 heavy (non-hydrogen) atoms. The van der Waals surface area contributed by atoms with Gasteiger partial charge in [-0.15, -0.1) is 6.58 Å². The maximum absolute atomic E-state index is 14.2. The van der Waals surface area contributed by atoms with Crippen LogP contribution in [0.4, 0.5) is 5.82 Å². The number of hydrogen-bond donors (Lipinski definition) is 1. The van der Waals surface area contributed by atoms with Crippen LogP contribution in [0.25, 0.3) is 22.0 Å². The summed E-state index contributed by atoms with van der Waals surface area (Å²) in [6, 6.07) is 5.94. The molecule has 0 radical (unpaired) electrons. The van der Waals surface area contributed by atoms with Gasteiger partial charge in [0.1, 0.15) is 34.5 Å². The van der Waals surface area contributed by atoms with Crippen molar-refractivity contribution in [2.24, 2.45) is 5.41 Å². The highest BCUT2D eigenvalue weighted by Crippen LogP contribution is 2.60. The number of fused-ring (bicyclic) bond motifs is 2. The van der Waals surface area contributed by atoms with Crippen molar-refractivity contribution in [2.75, 3.05) is 18.9 Å². The second-order valence-corrected chi connectivity index (χ2v) is 16.0. The Morgan fingerprint density at radius 2 is 1.86 bits per heavy atom. The summed E-state index contributed by atoms with van der Waals surface area (Å²) in [5.41, 5.74) is 3.21. The number of carbonyl (C=O) groups excluding carboxylic acids is 3. The number of pyridine rings is 1. The Hall–Kier alpha value is -4.34. The van der Waals surface area contributed by atoms with E-state index in [9.17, 15) is 22.8 Å². The van der Waals surface area contributed by atoms with Gasteiger partial charge in [-0.3, -0.25) is 19.1 Å². The van der Waals surface area contributed by atoms with Crippen LogP contribution in [-0.2, 0) is 31.9 Å². The average molecular weight is 764 g/mol. The van der Waals surface area contributed by atoms with Crippen molar-refractivity contribution < 1.29 is 22.8 Å². The number of ketones is 1. The zero-order valence-electron chi connectivity index (χ0n) is 28.6. The fraction of sp³-hybridized carbons (Fsp3) is 0.400. The van der Waals surface area contributed by atoms with Crippen molar-refractivity contribution in [1.29, 1.82) is 0 Å². The Labute approximate surface area is 299 Å². The molecule has 3 atom stereocenters. The van der Waals surface area contributed by atoms with E-state index in [1.165, 1.54) is 23.0 Å². The average Bonchev–Trinajstić information content (AvgIpc) is 3.48. The predicted octanol–water partition coefficient (Wildman–Crippen LogP) is 4.83. The molecular formula is C35H39BrN8O5S. The minimum absolute atomic E-state index is 0.105. The highest BCUT2D eigenvalue weighted by atomic mass is 79.9. The lowest BCUT2D eigenvalue weighted by Crippen LogP contribution is -2.47. The van der Waals surface area contributed by atoms with E-state index in [-0.39, 0.29) is 41.5 Å². The summed E-state index contributed by atoms with van der Waals surface area (Å²) in [5, 5.41) is 8.04. The maximum atomic E-state index is 14.2. The van der Waals surface area contributed by atoms with E-state index in [2.05, 4.69) is 47.9 Å². The van der Waals surface area contributed by atoms with Crippen LogP contribution in [0.1, 0.15) is 60.5 Å². The van der Waals surface area contributed by atoms with E-state index >= 15 is 0 Å². The first-order valence-corrected chi connectivity index (χ1v) is 18.7. The summed E-state index contributed by atoms with van der Waals surface area (Å²) >= 11 is 3.33. The molecule has 0 unspecified atom stereocenters. The third-order valence-electron chi connectivity index (χ3n) is 9.62. The van der Waals surface area contributed by atoms with Crippen molar-refractivity contribution in [1.82, 2.24) is 33.9 Å². The predicted molar refractivity (Wildman–Crippen MR) is 193 cm³/mol. The van der Waals surface area contributed by atoms with Crippen molar-refractivity contribution in [2.45, 2.75) is 71.3 Å². The number of sulfonamides is 1. The van der Waals surface area contributed by atoms with E-state index in [0.717, 1.165) is 16.7 Å². The molecule has 1 saturated heterocycles. The summed E-state index contributed by atoms with van der Waals surface area (Å²) in [7, 11) is -2.16. The minimum atomic E-state index is -3.68. The Kier molecular flexibility index (Phi) is 9.52. The molecule has 4 heterocycles. The van der Waals surface area contributed by atoms with Gasteiger partial charge in [-0.25, -0.2) is 27.7 Å². The molecule has 13 nitrogen and oxygen atoms in total. The number of aryl methyl sites for hydroxylation is 2. The van der Waals surface area contributed by atoms with Crippen molar-refractivity contribution in [3.63, 3.8) is 0 Å². The number of benzene rings is 1. The van der Waals surface area contributed by atoms with Crippen LogP contribution in [0.3, 0.4) is 0 Å². The molecular weight excluding hydrogens is 724 g/mol. The Bertz CT molecular complexity index is 2150. The second-order valence-electron chi connectivity index (χ2n) is 13.2. The van der Waals surface area contributed by atoms with E-state index in [4.69, 9.17) is 0 Å². The number of aromatic nitrogens is 5. The monoisotopic (exact) mass is 762 g/mol. The lowest BCUT2D eigenvalue weighted by molar-refractivity contribution is -0.138. The first kappa shape index (κ1) is 35.5.